The van der Waals surface area contributed by atoms with Gasteiger partial charge in [-0.2, -0.15) is 0 Å². The first-order valence-corrected chi connectivity index (χ1v) is 15.0. The van der Waals surface area contributed by atoms with Crippen LogP contribution in [0.5, 0.6) is 5.75 Å². The van der Waals surface area contributed by atoms with E-state index in [1.54, 1.807) is 0 Å². The van der Waals surface area contributed by atoms with Gasteiger partial charge < -0.3 is 5.11 Å². The van der Waals surface area contributed by atoms with E-state index in [0.29, 0.717) is 14.3 Å². The smallest absolute Gasteiger partial charge is 0.127 e. The summed E-state index contributed by atoms with van der Waals surface area (Å²) in [5.74, 6) is 0.452. The molecule has 0 aliphatic rings. The molecular weight excluding hydrogens is 493 g/mol. The van der Waals surface area contributed by atoms with E-state index in [9.17, 15) is 5.11 Å². The van der Waals surface area contributed by atoms with Gasteiger partial charge in [0.15, 0.2) is 0 Å². The van der Waals surface area contributed by atoms with Crippen molar-refractivity contribution in [2.75, 3.05) is 0 Å². The van der Waals surface area contributed by atoms with E-state index in [2.05, 4.69) is 144 Å². The second kappa shape index (κ2) is 12.1. The van der Waals surface area contributed by atoms with Crippen molar-refractivity contribution in [3.8, 4) is 5.75 Å². The van der Waals surface area contributed by atoms with Crippen LogP contribution >= 0.6 is 8.58 Å². The van der Waals surface area contributed by atoms with Gasteiger partial charge >= 0.3 is 0 Å². The van der Waals surface area contributed by atoms with Crippen molar-refractivity contribution < 1.29 is 5.11 Å². The summed E-state index contributed by atoms with van der Waals surface area (Å²) in [6.45, 7) is 18.1. The highest BCUT2D eigenvalue weighted by Gasteiger charge is 2.25. The maximum Gasteiger partial charge on any atom is 0.127 e. The SMILES string of the molecule is Cc1cccc(CN(Cc2ccccc2)Cc2ccccc2)c1Pc1cc(C(C)(C)C)cc(C(C)(C)C)c1O. The lowest BCUT2D eigenvalue weighted by atomic mass is 9.80. The maximum atomic E-state index is 11.5. The highest BCUT2D eigenvalue weighted by molar-refractivity contribution is 7.56. The van der Waals surface area contributed by atoms with E-state index in [1.807, 2.05) is 0 Å². The molecule has 0 aliphatic heterocycles. The number of nitrogens with zero attached hydrogens (tertiary/aromatic N) is 1. The Kier molecular flexibility index (Phi) is 9.00. The molecule has 0 saturated carbocycles. The minimum atomic E-state index is -0.138. The number of benzene rings is 4. The van der Waals surface area contributed by atoms with Gasteiger partial charge in [-0.1, -0.05) is 135 Å². The molecule has 0 heterocycles. The topological polar surface area (TPSA) is 23.5 Å². The van der Waals surface area contributed by atoms with E-state index in [1.165, 1.54) is 33.1 Å². The molecule has 2 nitrogen and oxygen atoms in total. The van der Waals surface area contributed by atoms with Crippen molar-refractivity contribution in [2.45, 2.75) is 78.9 Å². The van der Waals surface area contributed by atoms with Crippen LogP contribution in [0.2, 0.25) is 0 Å². The van der Waals surface area contributed by atoms with E-state index in [-0.39, 0.29) is 10.8 Å². The molecule has 4 aromatic carbocycles. The van der Waals surface area contributed by atoms with Crippen LogP contribution in [0, 0.1) is 6.92 Å². The quantitative estimate of drug-likeness (QED) is 0.229. The largest absolute Gasteiger partial charge is 0.507 e. The van der Waals surface area contributed by atoms with Crippen molar-refractivity contribution >= 4 is 19.2 Å². The monoisotopic (exact) mass is 537 g/mol. The number of phenols is 1. The van der Waals surface area contributed by atoms with Crippen molar-refractivity contribution in [3.05, 3.63) is 124 Å². The number of aromatic hydroxyl groups is 1. The number of aryl methyl sites for hydroxylation is 1. The zero-order valence-electron chi connectivity index (χ0n) is 24.7. The molecule has 0 saturated heterocycles. The summed E-state index contributed by atoms with van der Waals surface area (Å²) in [6, 6.07) is 32.6. The Morgan fingerprint density at radius 1 is 0.667 bits per heavy atom. The van der Waals surface area contributed by atoms with Crippen molar-refractivity contribution in [1.29, 1.82) is 0 Å². The number of hydrogen-bond acceptors (Lipinski definition) is 2. The van der Waals surface area contributed by atoms with Crippen LogP contribution in [0.4, 0.5) is 0 Å². The molecule has 0 amide bonds. The minimum absolute atomic E-state index is 0.00363. The summed E-state index contributed by atoms with van der Waals surface area (Å²) in [6.07, 6.45) is 0. The molecule has 1 unspecified atom stereocenters. The minimum Gasteiger partial charge on any atom is -0.507 e. The molecule has 39 heavy (non-hydrogen) atoms. The van der Waals surface area contributed by atoms with E-state index in [0.717, 1.165) is 30.5 Å². The zero-order chi connectivity index (χ0) is 28.2. The molecule has 0 aliphatic carbocycles. The van der Waals surface area contributed by atoms with E-state index >= 15 is 0 Å². The van der Waals surface area contributed by atoms with Crippen LogP contribution in [0.3, 0.4) is 0 Å². The van der Waals surface area contributed by atoms with Gasteiger partial charge in [0.1, 0.15) is 5.75 Å². The number of phenolic OH excluding ortho intramolecular Hbond substituents is 1. The Morgan fingerprint density at radius 3 is 1.74 bits per heavy atom. The molecule has 4 rings (SSSR count). The van der Waals surface area contributed by atoms with E-state index in [4.69, 9.17) is 0 Å². The average molecular weight is 538 g/mol. The molecule has 1 N–H and O–H groups in total. The molecule has 0 spiro atoms. The fraction of sp³-hybridized carbons (Fsp3) is 0.333. The van der Waals surface area contributed by atoms with Crippen molar-refractivity contribution in [1.82, 2.24) is 4.90 Å². The van der Waals surface area contributed by atoms with Gasteiger partial charge in [0.05, 0.1) is 0 Å². The van der Waals surface area contributed by atoms with Crippen LogP contribution in [-0.4, -0.2) is 10.0 Å². The first-order chi connectivity index (χ1) is 18.4. The second-order valence-corrected chi connectivity index (χ2v) is 14.1. The molecule has 1 atom stereocenters. The normalized spacial score (nSPS) is 12.5. The second-order valence-electron chi connectivity index (χ2n) is 12.8. The molecular formula is C36H44NOP. The maximum absolute atomic E-state index is 11.5. The lowest BCUT2D eigenvalue weighted by Crippen LogP contribution is -2.26. The molecule has 204 valence electrons. The Bertz CT molecular complexity index is 1340. The molecule has 0 fully saturated rings. The fourth-order valence-electron chi connectivity index (χ4n) is 5.00. The Labute approximate surface area is 237 Å². The third kappa shape index (κ3) is 7.59. The predicted molar refractivity (Wildman–Crippen MR) is 170 cm³/mol. The van der Waals surface area contributed by atoms with Crippen molar-refractivity contribution in [3.63, 3.8) is 0 Å². The first kappa shape index (κ1) is 29.1. The highest BCUT2D eigenvalue weighted by atomic mass is 31.1. The molecule has 4 aromatic rings. The van der Waals surface area contributed by atoms with Crippen LogP contribution in [0.15, 0.2) is 91.0 Å². The zero-order valence-corrected chi connectivity index (χ0v) is 25.7. The molecule has 0 bridgehead atoms. The average Bonchev–Trinajstić information content (AvgIpc) is 2.87. The Balaban J connectivity index is 1.73. The Morgan fingerprint density at radius 2 is 1.23 bits per heavy atom. The summed E-state index contributed by atoms with van der Waals surface area (Å²) < 4.78 is 0. The van der Waals surface area contributed by atoms with Gasteiger partial charge in [0.2, 0.25) is 0 Å². The third-order valence-corrected chi connectivity index (χ3v) is 8.91. The van der Waals surface area contributed by atoms with Crippen LogP contribution < -0.4 is 10.6 Å². The Hall–Kier alpha value is -2.93. The van der Waals surface area contributed by atoms with Gasteiger partial charge in [0, 0.05) is 30.5 Å². The van der Waals surface area contributed by atoms with Crippen LogP contribution in [0.25, 0.3) is 0 Å². The molecule has 0 aromatic heterocycles. The third-order valence-electron chi connectivity index (χ3n) is 7.29. The summed E-state index contributed by atoms with van der Waals surface area (Å²) >= 11 is 0. The molecule has 3 heteroatoms. The highest BCUT2D eigenvalue weighted by Crippen LogP contribution is 2.37. The molecule has 0 radical (unpaired) electrons. The summed E-state index contributed by atoms with van der Waals surface area (Å²) in [7, 11) is 0.383. The summed E-state index contributed by atoms with van der Waals surface area (Å²) in [4.78, 5) is 2.53. The lowest BCUT2D eigenvalue weighted by molar-refractivity contribution is 0.248. The van der Waals surface area contributed by atoms with Crippen LogP contribution in [-0.2, 0) is 30.5 Å². The lowest BCUT2D eigenvalue weighted by Gasteiger charge is -2.28. The van der Waals surface area contributed by atoms with Crippen LogP contribution in [0.1, 0.15) is 74.9 Å². The van der Waals surface area contributed by atoms with Gasteiger partial charge in [-0.3, -0.25) is 4.90 Å². The fourth-order valence-corrected chi connectivity index (χ4v) is 6.35. The summed E-state index contributed by atoms with van der Waals surface area (Å²) in [5.41, 5.74) is 7.41. The van der Waals surface area contributed by atoms with Gasteiger partial charge in [-0.05, 0) is 56.9 Å². The van der Waals surface area contributed by atoms with Gasteiger partial charge in [0.25, 0.3) is 0 Å². The first-order valence-electron chi connectivity index (χ1n) is 14.0. The number of hydrogen-bond donors (Lipinski definition) is 1. The number of rotatable bonds is 8. The van der Waals surface area contributed by atoms with E-state index < -0.39 is 0 Å². The van der Waals surface area contributed by atoms with Crippen molar-refractivity contribution in [2.24, 2.45) is 0 Å². The van der Waals surface area contributed by atoms with Gasteiger partial charge in [-0.15, -0.1) is 0 Å². The van der Waals surface area contributed by atoms with Gasteiger partial charge in [-0.25, -0.2) is 0 Å². The standard InChI is InChI=1S/C36H44NOP/c1-26-15-14-20-29(25-37(23-27-16-10-8-11-17-27)24-28-18-12-9-13-19-28)34(26)39-32-22-30(35(2,3)4)21-31(33(32)38)36(5,6)7/h8-22,38-39H,23-25H2,1-7H3. The summed E-state index contributed by atoms with van der Waals surface area (Å²) in [5, 5.41) is 13.9. The predicted octanol–water partition coefficient (Wildman–Crippen LogP) is 8.13.